The Hall–Kier alpha value is -2.28. The van der Waals surface area contributed by atoms with Crippen molar-refractivity contribution >= 4 is 11.9 Å². The van der Waals surface area contributed by atoms with Crippen LogP contribution in [-0.4, -0.2) is 142 Å². The van der Waals surface area contributed by atoms with Gasteiger partial charge in [-0.3, -0.25) is 9.59 Å². The number of hydrogen-bond acceptors (Lipinski definition) is 15. The van der Waals surface area contributed by atoms with Gasteiger partial charge in [-0.05, 0) is 51.4 Å². The van der Waals surface area contributed by atoms with Gasteiger partial charge in [-0.2, -0.15) is 0 Å². The molecule has 0 aromatic rings. The molecule has 0 aliphatic carbocycles. The maximum Gasteiger partial charge on any atom is 0.306 e. The van der Waals surface area contributed by atoms with E-state index in [9.17, 15) is 45.3 Å². The largest absolute Gasteiger partial charge is 0.462 e. The van der Waals surface area contributed by atoms with Crippen LogP contribution in [-0.2, 0) is 38.0 Å². The van der Waals surface area contributed by atoms with Gasteiger partial charge >= 0.3 is 11.9 Å². The van der Waals surface area contributed by atoms with Crippen LogP contribution in [0.2, 0.25) is 0 Å². The molecule has 2 rings (SSSR count). The molecule has 0 saturated carbocycles. The quantitative estimate of drug-likeness (QED) is 0.0181. The first kappa shape index (κ1) is 60.8. The first-order valence-corrected chi connectivity index (χ1v) is 26.1. The fraction of sp³-hybridized carbons (Fsp3) is 0.846. The summed E-state index contributed by atoms with van der Waals surface area (Å²) in [5.41, 5.74) is 0. The predicted molar refractivity (Wildman–Crippen MR) is 257 cm³/mol. The van der Waals surface area contributed by atoms with Crippen LogP contribution in [0, 0.1) is 0 Å². The Morgan fingerprint density at radius 2 is 0.896 bits per heavy atom. The molecule has 15 heteroatoms. The zero-order valence-electron chi connectivity index (χ0n) is 41.1. The summed E-state index contributed by atoms with van der Waals surface area (Å²) in [6.45, 7) is 2.53. The van der Waals surface area contributed by atoms with E-state index < -0.39 is 99.3 Å². The Bertz CT molecular complexity index is 1310. The van der Waals surface area contributed by atoms with Gasteiger partial charge in [0.1, 0.15) is 55.4 Å². The molecule has 0 aromatic heterocycles. The molecule has 0 spiro atoms. The molecular formula is C52H92O15. The van der Waals surface area contributed by atoms with Crippen LogP contribution in [0.15, 0.2) is 36.5 Å². The Morgan fingerprint density at radius 1 is 0.478 bits per heavy atom. The first-order valence-electron chi connectivity index (χ1n) is 26.1. The third kappa shape index (κ3) is 27.6. The maximum absolute atomic E-state index is 13.0. The van der Waals surface area contributed by atoms with Crippen molar-refractivity contribution in [3.05, 3.63) is 36.5 Å². The molecule has 2 aliphatic rings. The van der Waals surface area contributed by atoms with Gasteiger partial charge in [-0.15, -0.1) is 0 Å². The van der Waals surface area contributed by atoms with Crippen molar-refractivity contribution in [2.24, 2.45) is 0 Å². The predicted octanol–water partition coefficient (Wildman–Crippen LogP) is 7.32. The smallest absolute Gasteiger partial charge is 0.306 e. The van der Waals surface area contributed by atoms with Crippen LogP contribution in [0.1, 0.15) is 187 Å². The summed E-state index contributed by atoms with van der Waals surface area (Å²) in [5, 5.41) is 72.1. The van der Waals surface area contributed by atoms with Crippen molar-refractivity contribution in [1.82, 2.24) is 0 Å². The molecule has 0 aromatic carbocycles. The SMILES string of the molecule is CCCCC/C=C/C/C=C/C/C=C/CCCCC(=O)OC[C@H](CO[C@@H]1O[C@H](CO[C@@H]2O[C@H](CO)[C@H](O)C(O)C2O)[C@H](O)C(O)C1O)OC(=O)CCCCCCCCCCCCCCCCCC. The second-order valence-corrected chi connectivity index (χ2v) is 18.4. The van der Waals surface area contributed by atoms with E-state index in [1.54, 1.807) is 0 Å². The molecule has 0 radical (unpaired) electrons. The van der Waals surface area contributed by atoms with Crippen molar-refractivity contribution in [3.8, 4) is 0 Å². The molecule has 2 saturated heterocycles. The first-order chi connectivity index (χ1) is 32.5. The lowest BCUT2D eigenvalue weighted by Crippen LogP contribution is -2.61. The molecule has 2 aliphatic heterocycles. The fourth-order valence-corrected chi connectivity index (χ4v) is 8.05. The summed E-state index contributed by atoms with van der Waals surface area (Å²) in [6, 6.07) is 0. The third-order valence-corrected chi connectivity index (χ3v) is 12.4. The number of hydrogen-bond donors (Lipinski definition) is 7. The minimum atomic E-state index is -1.77. The van der Waals surface area contributed by atoms with Gasteiger partial charge in [-0.25, -0.2) is 0 Å². The Morgan fingerprint density at radius 3 is 1.43 bits per heavy atom. The molecule has 0 amide bonds. The lowest BCUT2D eigenvalue weighted by Gasteiger charge is -2.42. The highest BCUT2D eigenvalue weighted by Crippen LogP contribution is 2.26. The van der Waals surface area contributed by atoms with Crippen LogP contribution in [0.25, 0.3) is 0 Å². The van der Waals surface area contributed by atoms with Crippen molar-refractivity contribution in [1.29, 1.82) is 0 Å². The number of unbranched alkanes of at least 4 members (excludes halogenated alkanes) is 20. The average molecular weight is 957 g/mol. The summed E-state index contributed by atoms with van der Waals surface area (Å²) in [5.74, 6) is -0.965. The van der Waals surface area contributed by atoms with Gasteiger partial charge in [-0.1, -0.05) is 159 Å². The number of carbonyl (C=O) groups excluding carboxylic acids is 2. The van der Waals surface area contributed by atoms with E-state index in [2.05, 4.69) is 50.3 Å². The minimum Gasteiger partial charge on any atom is -0.462 e. The normalized spacial score (nSPS) is 26.2. The van der Waals surface area contributed by atoms with Crippen molar-refractivity contribution in [2.75, 3.05) is 26.4 Å². The summed E-state index contributed by atoms with van der Waals surface area (Å²) in [4.78, 5) is 25.7. The molecule has 11 atom stereocenters. The van der Waals surface area contributed by atoms with Crippen molar-refractivity contribution in [2.45, 2.75) is 255 Å². The Labute approximate surface area is 402 Å². The highest BCUT2D eigenvalue weighted by atomic mass is 16.7. The number of aliphatic hydroxyl groups is 7. The zero-order valence-corrected chi connectivity index (χ0v) is 41.1. The molecule has 2 heterocycles. The van der Waals surface area contributed by atoms with Crippen molar-refractivity contribution < 1.29 is 73.8 Å². The van der Waals surface area contributed by atoms with Gasteiger partial charge in [0.05, 0.1) is 19.8 Å². The topological polar surface area (TPSA) is 231 Å². The van der Waals surface area contributed by atoms with Crippen LogP contribution in [0.3, 0.4) is 0 Å². The van der Waals surface area contributed by atoms with Crippen LogP contribution in [0.5, 0.6) is 0 Å². The zero-order chi connectivity index (χ0) is 48.9. The van der Waals surface area contributed by atoms with E-state index >= 15 is 0 Å². The molecular weight excluding hydrogens is 865 g/mol. The molecule has 2 fully saturated rings. The lowest BCUT2D eigenvalue weighted by atomic mass is 9.98. The minimum absolute atomic E-state index is 0.160. The summed E-state index contributed by atoms with van der Waals surface area (Å²) in [7, 11) is 0. The van der Waals surface area contributed by atoms with E-state index in [4.69, 9.17) is 28.4 Å². The second-order valence-electron chi connectivity index (χ2n) is 18.4. The van der Waals surface area contributed by atoms with E-state index in [1.807, 2.05) is 0 Å². The number of rotatable bonds is 40. The number of allylic oxidation sites excluding steroid dienone is 6. The molecule has 7 N–H and O–H groups in total. The highest BCUT2D eigenvalue weighted by molar-refractivity contribution is 5.70. The Balaban J connectivity index is 1.82. The van der Waals surface area contributed by atoms with E-state index in [-0.39, 0.29) is 19.4 Å². The van der Waals surface area contributed by atoms with Crippen LogP contribution < -0.4 is 0 Å². The molecule has 67 heavy (non-hydrogen) atoms. The number of ether oxygens (including phenoxy) is 6. The van der Waals surface area contributed by atoms with Crippen molar-refractivity contribution in [3.63, 3.8) is 0 Å². The summed E-state index contributed by atoms with van der Waals surface area (Å²) in [6.07, 6.45) is 24.6. The van der Waals surface area contributed by atoms with Gasteiger partial charge in [0.15, 0.2) is 18.7 Å². The van der Waals surface area contributed by atoms with Gasteiger partial charge in [0.25, 0.3) is 0 Å². The number of esters is 2. The summed E-state index contributed by atoms with van der Waals surface area (Å²) >= 11 is 0. The van der Waals surface area contributed by atoms with Crippen LogP contribution in [0.4, 0.5) is 0 Å². The van der Waals surface area contributed by atoms with E-state index in [0.717, 1.165) is 51.4 Å². The van der Waals surface area contributed by atoms with Gasteiger partial charge < -0.3 is 64.2 Å². The lowest BCUT2D eigenvalue weighted by molar-refractivity contribution is -0.332. The fourth-order valence-electron chi connectivity index (χ4n) is 8.05. The monoisotopic (exact) mass is 957 g/mol. The standard InChI is InChI=1S/C52H92O15/c1-3-5-7-9-11-13-15-17-19-21-23-25-27-29-31-33-35-44(55)65-40(37-62-43(54)34-32-30-28-26-24-22-20-18-16-14-12-10-8-6-4-2)38-63-51-50(61)48(59)46(57)42(67-51)39-64-52-49(60)47(58)45(56)41(36-53)66-52/h12,14,18,20,24,26,40-42,45-53,56-61H,3-11,13,15-17,19,21-23,25,27-39H2,1-2H3/b14-12+,20-18+,26-24+/t40-,41-,42-,45+,46+,47?,48?,49?,50?,51-,52-/m1/s1. The molecule has 4 unspecified atom stereocenters. The highest BCUT2D eigenvalue weighted by Gasteiger charge is 2.47. The average Bonchev–Trinajstić information content (AvgIpc) is 3.32. The molecule has 0 bridgehead atoms. The van der Waals surface area contributed by atoms with E-state index in [0.29, 0.717) is 12.8 Å². The summed E-state index contributed by atoms with van der Waals surface area (Å²) < 4.78 is 33.5. The Kier molecular flexibility index (Phi) is 35.8. The maximum atomic E-state index is 13.0. The molecule has 390 valence electrons. The van der Waals surface area contributed by atoms with E-state index in [1.165, 1.54) is 96.3 Å². The second kappa shape index (κ2) is 39.4. The van der Waals surface area contributed by atoms with Gasteiger partial charge in [0.2, 0.25) is 0 Å². The third-order valence-electron chi connectivity index (χ3n) is 12.4. The number of carbonyl (C=O) groups is 2. The molecule has 15 nitrogen and oxygen atoms in total. The number of aliphatic hydroxyl groups excluding tert-OH is 7. The van der Waals surface area contributed by atoms with Crippen LogP contribution >= 0.6 is 0 Å². The van der Waals surface area contributed by atoms with Gasteiger partial charge in [0, 0.05) is 12.8 Å².